The Balaban J connectivity index is 2.38. The van der Waals surface area contributed by atoms with E-state index in [2.05, 4.69) is 31.9 Å². The summed E-state index contributed by atoms with van der Waals surface area (Å²) >= 11 is 0. The molecule has 58 heavy (non-hydrogen) atoms. The molecule has 320 valence electrons. The van der Waals surface area contributed by atoms with E-state index in [1.165, 1.54) is 6.92 Å². The largest absolute Gasteiger partial charge is 0.475 e. The maximum Gasteiger partial charge on any atom is 0.475 e. The topological polar surface area (TPSA) is 224 Å². The molecule has 16 heteroatoms. The number of hydrogen-bond acceptors (Lipinski definition) is 9. The second-order valence-electron chi connectivity index (χ2n) is 16.6. The summed E-state index contributed by atoms with van der Waals surface area (Å²) < 4.78 is 5.75. The normalized spacial score (nSPS) is 14.6. The monoisotopic (exact) mass is 808 g/mol. The first-order valence-corrected chi connectivity index (χ1v) is 20.0. The molecule has 0 fully saturated rings. The van der Waals surface area contributed by atoms with Crippen LogP contribution in [0.1, 0.15) is 91.8 Å². The number of benzene rings is 2. The zero-order chi connectivity index (χ0) is 43.7. The molecule has 2 rings (SSSR count). The summed E-state index contributed by atoms with van der Waals surface area (Å²) in [5.41, 5.74) is 1.62. The molecule has 0 saturated heterocycles. The summed E-state index contributed by atoms with van der Waals surface area (Å²) in [4.78, 5) is 81.3. The van der Waals surface area contributed by atoms with Gasteiger partial charge in [-0.3, -0.25) is 28.8 Å². The molecule has 0 heterocycles. The third-order valence-electron chi connectivity index (χ3n) is 9.54. The molecule has 1 unspecified atom stereocenters. The van der Waals surface area contributed by atoms with Crippen LogP contribution in [0.2, 0.25) is 0 Å². The molecule has 0 bridgehead atoms. The van der Waals surface area contributed by atoms with Crippen molar-refractivity contribution < 1.29 is 43.6 Å². The lowest BCUT2D eigenvalue weighted by Crippen LogP contribution is -2.63. The molecule has 6 amide bonds. The standard InChI is InChI=1S/C42H65BN6O9/c1-11-34(43(56)57)47-37(51)31(21-25(2)3)46-41(55)36(42(8,9)10)49-38(52)32(22-30-20-16-15-17-27(30)6)45-40(54)35(26(4)5)48-39(53)33(44-28(7)50)24-58-23-29-18-13-12-14-19-29/h12-20,25-26,31-36,56-57H,11,21-24H2,1-10H3,(H,44,50)(H,45,54)(H,46,55)(H,47,51)(H,48,53)(H,49,52)/t31-,32-,33-,34?,35+,36+/m0/s1. The van der Waals surface area contributed by atoms with Crippen LogP contribution in [0, 0.1) is 24.2 Å². The van der Waals surface area contributed by atoms with E-state index < -0.39 is 90.0 Å². The van der Waals surface area contributed by atoms with Gasteiger partial charge in [0.05, 0.1) is 19.2 Å². The van der Waals surface area contributed by atoms with Gasteiger partial charge in [-0.25, -0.2) is 0 Å². The van der Waals surface area contributed by atoms with Crippen molar-refractivity contribution in [2.75, 3.05) is 6.61 Å². The minimum atomic E-state index is -1.80. The Bertz CT molecular complexity index is 1670. The number of aryl methyl sites for hydroxylation is 1. The Labute approximate surface area is 343 Å². The van der Waals surface area contributed by atoms with Crippen molar-refractivity contribution >= 4 is 42.6 Å². The Morgan fingerprint density at radius 2 is 1.28 bits per heavy atom. The van der Waals surface area contributed by atoms with Gasteiger partial charge in [0.2, 0.25) is 35.4 Å². The van der Waals surface area contributed by atoms with Gasteiger partial charge in [-0.15, -0.1) is 0 Å². The molecule has 0 radical (unpaired) electrons. The molecule has 8 N–H and O–H groups in total. The van der Waals surface area contributed by atoms with Gasteiger partial charge in [-0.1, -0.05) is 110 Å². The Morgan fingerprint density at radius 3 is 1.81 bits per heavy atom. The van der Waals surface area contributed by atoms with Crippen LogP contribution >= 0.6 is 0 Å². The summed E-state index contributed by atoms with van der Waals surface area (Å²) in [7, 11) is -1.80. The summed E-state index contributed by atoms with van der Waals surface area (Å²) in [6.45, 7) is 17.3. The summed E-state index contributed by atoms with van der Waals surface area (Å²) in [5.74, 6) is -5.14. The van der Waals surface area contributed by atoms with Crippen LogP contribution in [0.5, 0.6) is 0 Å². The Morgan fingerprint density at radius 1 is 0.707 bits per heavy atom. The molecule has 0 aliphatic rings. The lowest BCUT2D eigenvalue weighted by Gasteiger charge is -2.34. The fourth-order valence-electron chi connectivity index (χ4n) is 6.16. The van der Waals surface area contributed by atoms with Gasteiger partial charge in [0.1, 0.15) is 30.2 Å². The first-order valence-electron chi connectivity index (χ1n) is 20.0. The van der Waals surface area contributed by atoms with Crippen molar-refractivity contribution in [2.24, 2.45) is 17.3 Å². The molecule has 0 aromatic heterocycles. The number of amides is 6. The van der Waals surface area contributed by atoms with Crippen LogP contribution in [-0.2, 0) is 46.5 Å². The predicted molar refractivity (Wildman–Crippen MR) is 222 cm³/mol. The van der Waals surface area contributed by atoms with E-state index in [0.717, 1.165) is 16.7 Å². The van der Waals surface area contributed by atoms with Crippen molar-refractivity contribution in [1.82, 2.24) is 31.9 Å². The lowest BCUT2D eigenvalue weighted by molar-refractivity contribution is -0.137. The van der Waals surface area contributed by atoms with E-state index in [0.29, 0.717) is 0 Å². The van der Waals surface area contributed by atoms with E-state index in [-0.39, 0.29) is 38.4 Å². The van der Waals surface area contributed by atoms with Crippen molar-refractivity contribution in [3.63, 3.8) is 0 Å². The van der Waals surface area contributed by atoms with Crippen LogP contribution in [-0.4, -0.2) is 95.4 Å². The van der Waals surface area contributed by atoms with Crippen LogP contribution in [0.25, 0.3) is 0 Å². The highest BCUT2D eigenvalue weighted by Crippen LogP contribution is 2.21. The number of carbonyl (C=O) groups excluding carboxylic acids is 6. The smallest absolute Gasteiger partial charge is 0.426 e. The summed E-state index contributed by atoms with van der Waals surface area (Å²) in [5, 5.41) is 35.7. The highest BCUT2D eigenvalue weighted by molar-refractivity contribution is 6.43. The predicted octanol–water partition coefficient (Wildman–Crippen LogP) is 1.85. The van der Waals surface area contributed by atoms with Gasteiger partial charge in [0.25, 0.3) is 0 Å². The molecule has 0 saturated carbocycles. The average molecular weight is 809 g/mol. The quantitative estimate of drug-likeness (QED) is 0.0812. The maximum atomic E-state index is 14.3. The first-order chi connectivity index (χ1) is 27.1. The van der Waals surface area contributed by atoms with E-state index in [1.807, 2.05) is 75.4 Å². The second kappa shape index (κ2) is 23.6. The third-order valence-corrected chi connectivity index (χ3v) is 9.54. The number of hydrogen-bond donors (Lipinski definition) is 8. The van der Waals surface area contributed by atoms with Crippen LogP contribution in [0.4, 0.5) is 0 Å². The fourth-order valence-corrected chi connectivity index (χ4v) is 6.16. The van der Waals surface area contributed by atoms with Gasteiger partial charge in [-0.2, -0.15) is 0 Å². The van der Waals surface area contributed by atoms with E-state index in [9.17, 15) is 38.8 Å². The molecule has 15 nitrogen and oxygen atoms in total. The molecule has 0 aliphatic heterocycles. The summed E-state index contributed by atoms with van der Waals surface area (Å²) in [6.07, 6.45) is 0.515. The minimum Gasteiger partial charge on any atom is -0.426 e. The first kappa shape index (κ1) is 49.4. The minimum absolute atomic E-state index is 0.0312. The Hall–Kier alpha value is -4.80. The zero-order valence-corrected chi connectivity index (χ0v) is 35.7. The van der Waals surface area contributed by atoms with E-state index >= 15 is 0 Å². The maximum absolute atomic E-state index is 14.3. The van der Waals surface area contributed by atoms with Crippen molar-refractivity contribution in [3.8, 4) is 0 Å². The van der Waals surface area contributed by atoms with Gasteiger partial charge < -0.3 is 46.7 Å². The van der Waals surface area contributed by atoms with Crippen molar-refractivity contribution in [1.29, 1.82) is 0 Å². The van der Waals surface area contributed by atoms with Gasteiger partial charge in [-0.05, 0) is 53.7 Å². The average Bonchev–Trinajstić information content (AvgIpc) is 3.13. The van der Waals surface area contributed by atoms with Gasteiger partial charge in [0, 0.05) is 13.3 Å². The van der Waals surface area contributed by atoms with Gasteiger partial charge >= 0.3 is 7.12 Å². The molecular formula is C42H65BN6O9. The lowest BCUT2D eigenvalue weighted by atomic mass is 9.77. The Kier molecular flexibility index (Phi) is 20.1. The third kappa shape index (κ3) is 16.6. The molecule has 0 aliphatic carbocycles. The molecular weight excluding hydrogens is 743 g/mol. The molecule has 0 spiro atoms. The van der Waals surface area contributed by atoms with Crippen LogP contribution < -0.4 is 31.9 Å². The van der Waals surface area contributed by atoms with Crippen molar-refractivity contribution in [2.45, 2.75) is 131 Å². The van der Waals surface area contributed by atoms with E-state index in [1.54, 1.807) is 41.5 Å². The number of carbonyl (C=O) groups is 6. The zero-order valence-electron chi connectivity index (χ0n) is 35.7. The number of ether oxygens (including phenoxy) is 1. The molecule has 2 aromatic rings. The molecule has 2 aromatic carbocycles. The van der Waals surface area contributed by atoms with Crippen LogP contribution in [0.15, 0.2) is 54.6 Å². The highest BCUT2D eigenvalue weighted by Gasteiger charge is 2.38. The highest BCUT2D eigenvalue weighted by atomic mass is 16.5. The number of nitrogens with one attached hydrogen (secondary N) is 6. The molecule has 6 atom stereocenters. The summed E-state index contributed by atoms with van der Waals surface area (Å²) in [6, 6.07) is 11.0. The number of rotatable bonds is 22. The van der Waals surface area contributed by atoms with Crippen molar-refractivity contribution in [3.05, 3.63) is 71.3 Å². The van der Waals surface area contributed by atoms with Gasteiger partial charge in [0.15, 0.2) is 0 Å². The second-order valence-corrected chi connectivity index (χ2v) is 16.6. The van der Waals surface area contributed by atoms with Crippen LogP contribution in [0.3, 0.4) is 0 Å². The van der Waals surface area contributed by atoms with E-state index in [4.69, 9.17) is 4.74 Å². The fraction of sp³-hybridized carbons (Fsp3) is 0.571. The SMILES string of the molecule is CCC(NC(=O)[C@H](CC(C)C)NC(=O)[C@@H](NC(=O)[C@H](Cc1ccccc1C)NC(=O)[C@H](NC(=O)[C@H](COCc1ccccc1)NC(C)=O)C(C)C)C(C)(C)C)B(O)O.